The number of carbonyl (C=O) groups is 4. The summed E-state index contributed by atoms with van der Waals surface area (Å²) in [6.07, 6.45) is 8.91. The maximum atomic E-state index is 12.6. The number of hydrogen-bond donors (Lipinski definition) is 3. The molecule has 3 N–H and O–H groups in total. The van der Waals surface area contributed by atoms with E-state index in [0.717, 1.165) is 30.6 Å². The zero-order valence-corrected chi connectivity index (χ0v) is 17.7. The van der Waals surface area contributed by atoms with Gasteiger partial charge in [0, 0.05) is 25.2 Å². The van der Waals surface area contributed by atoms with E-state index in [1.54, 1.807) is 6.92 Å². The highest BCUT2D eigenvalue weighted by Gasteiger charge is 2.56. The lowest BCUT2D eigenvalue weighted by Crippen LogP contribution is -2.52. The number of imide groups is 1. The molecule has 2 aliphatic carbocycles. The summed E-state index contributed by atoms with van der Waals surface area (Å²) in [7, 11) is 0. The van der Waals surface area contributed by atoms with Crippen LogP contribution in [0.15, 0.2) is 0 Å². The highest BCUT2D eigenvalue weighted by atomic mass is 16.2. The lowest BCUT2D eigenvalue weighted by Gasteiger charge is -2.34. The average molecular weight is 420 g/mol. The van der Waals surface area contributed by atoms with E-state index in [-0.39, 0.29) is 42.4 Å². The number of hydrogen-bond acceptors (Lipinski definition) is 4. The molecule has 9 heteroatoms. The third-order valence-electron chi connectivity index (χ3n) is 7.08. The first-order valence-corrected chi connectivity index (χ1v) is 11.4. The molecule has 0 aromatic rings. The minimum atomic E-state index is -0.867. The Kier molecular flexibility index (Phi) is 5.88. The standard InChI is InChI=1S/C21H33N5O4/c1-21(14-7-8-14)18(28)26(20(30)24-21)13-17(27)22-16-9-11-25(12-10-16)19(29)23-15-5-3-2-4-6-15/h14-16H,2-13H2,1H3,(H,22,27)(H,23,29)(H,24,30). The summed E-state index contributed by atoms with van der Waals surface area (Å²) in [6, 6.07) is -0.259. The van der Waals surface area contributed by atoms with Crippen molar-refractivity contribution in [3.63, 3.8) is 0 Å². The molecule has 0 radical (unpaired) electrons. The number of likely N-dealkylation sites (tertiary alicyclic amines) is 1. The molecule has 1 unspecified atom stereocenters. The predicted octanol–water partition coefficient (Wildman–Crippen LogP) is 1.33. The lowest BCUT2D eigenvalue weighted by molar-refractivity contribution is -0.135. The highest BCUT2D eigenvalue weighted by molar-refractivity contribution is 6.09. The van der Waals surface area contributed by atoms with E-state index in [4.69, 9.17) is 0 Å². The SMILES string of the molecule is CC1(C2CC2)NC(=O)N(CC(=O)NC2CCN(C(=O)NC3CCCCC3)CC2)C1=O. The van der Waals surface area contributed by atoms with E-state index < -0.39 is 11.6 Å². The van der Waals surface area contributed by atoms with Gasteiger partial charge in [-0.15, -0.1) is 0 Å². The van der Waals surface area contributed by atoms with Crippen molar-refractivity contribution in [1.82, 2.24) is 25.8 Å². The normalized spacial score (nSPS) is 28.4. The number of piperidine rings is 1. The largest absolute Gasteiger partial charge is 0.352 e. The minimum Gasteiger partial charge on any atom is -0.352 e. The average Bonchev–Trinajstić information content (AvgIpc) is 3.55. The molecule has 166 valence electrons. The van der Waals surface area contributed by atoms with Gasteiger partial charge in [-0.05, 0) is 51.4 Å². The second kappa shape index (κ2) is 8.43. The maximum Gasteiger partial charge on any atom is 0.325 e. The second-order valence-electron chi connectivity index (χ2n) is 9.41. The molecular weight excluding hydrogens is 386 g/mol. The second-order valence-corrected chi connectivity index (χ2v) is 9.41. The lowest BCUT2D eigenvalue weighted by atomic mass is 9.95. The van der Waals surface area contributed by atoms with Crippen molar-refractivity contribution in [2.24, 2.45) is 5.92 Å². The quantitative estimate of drug-likeness (QED) is 0.584. The van der Waals surface area contributed by atoms with Gasteiger partial charge < -0.3 is 20.9 Å². The number of urea groups is 2. The first-order valence-electron chi connectivity index (χ1n) is 11.4. The van der Waals surface area contributed by atoms with Crippen LogP contribution in [0.4, 0.5) is 9.59 Å². The molecule has 0 aromatic carbocycles. The highest BCUT2D eigenvalue weighted by Crippen LogP contribution is 2.42. The third-order valence-corrected chi connectivity index (χ3v) is 7.08. The summed E-state index contributed by atoms with van der Waals surface area (Å²) in [4.78, 5) is 52.6. The van der Waals surface area contributed by atoms with Crippen LogP contribution >= 0.6 is 0 Å². The van der Waals surface area contributed by atoms with Crippen molar-refractivity contribution >= 4 is 23.9 Å². The van der Waals surface area contributed by atoms with Crippen molar-refractivity contribution in [3.8, 4) is 0 Å². The van der Waals surface area contributed by atoms with Crippen molar-refractivity contribution < 1.29 is 19.2 Å². The Morgan fingerprint density at radius 2 is 1.60 bits per heavy atom. The van der Waals surface area contributed by atoms with Gasteiger partial charge >= 0.3 is 12.1 Å². The van der Waals surface area contributed by atoms with Crippen molar-refractivity contribution in [2.75, 3.05) is 19.6 Å². The molecule has 2 aliphatic heterocycles. The third kappa shape index (κ3) is 4.39. The van der Waals surface area contributed by atoms with Gasteiger partial charge in [0.2, 0.25) is 5.91 Å². The van der Waals surface area contributed by atoms with Crippen LogP contribution in [-0.2, 0) is 9.59 Å². The van der Waals surface area contributed by atoms with E-state index in [0.29, 0.717) is 25.9 Å². The zero-order valence-electron chi connectivity index (χ0n) is 17.7. The summed E-state index contributed by atoms with van der Waals surface area (Å²) in [6.45, 7) is 2.67. The number of amides is 6. The Hall–Kier alpha value is -2.32. The molecule has 2 saturated heterocycles. The fourth-order valence-corrected chi connectivity index (χ4v) is 4.95. The molecule has 6 amide bonds. The molecule has 4 aliphatic rings. The van der Waals surface area contributed by atoms with Crippen molar-refractivity contribution in [1.29, 1.82) is 0 Å². The number of nitrogens with one attached hydrogen (secondary N) is 3. The number of carbonyl (C=O) groups excluding carboxylic acids is 4. The first-order chi connectivity index (χ1) is 14.4. The Labute approximate surface area is 177 Å². The maximum absolute atomic E-state index is 12.6. The van der Waals surface area contributed by atoms with Gasteiger partial charge in [0.1, 0.15) is 12.1 Å². The van der Waals surface area contributed by atoms with Crippen LogP contribution in [0.25, 0.3) is 0 Å². The molecule has 4 rings (SSSR count). The smallest absolute Gasteiger partial charge is 0.325 e. The molecule has 9 nitrogen and oxygen atoms in total. The van der Waals surface area contributed by atoms with Gasteiger partial charge in [0.15, 0.2) is 0 Å². The van der Waals surface area contributed by atoms with Gasteiger partial charge in [-0.25, -0.2) is 9.59 Å². The fraction of sp³-hybridized carbons (Fsp3) is 0.810. The number of nitrogens with zero attached hydrogens (tertiary/aromatic N) is 2. The molecule has 2 saturated carbocycles. The molecular formula is C21H33N5O4. The van der Waals surface area contributed by atoms with Crippen LogP contribution in [0.2, 0.25) is 0 Å². The molecule has 2 heterocycles. The van der Waals surface area contributed by atoms with E-state index in [2.05, 4.69) is 16.0 Å². The van der Waals surface area contributed by atoms with Crippen molar-refractivity contribution in [3.05, 3.63) is 0 Å². The van der Waals surface area contributed by atoms with Crippen LogP contribution in [0.5, 0.6) is 0 Å². The van der Waals surface area contributed by atoms with E-state index in [1.165, 1.54) is 19.3 Å². The van der Waals surface area contributed by atoms with Gasteiger partial charge in [0.05, 0.1) is 0 Å². The Bertz CT molecular complexity index is 710. The molecule has 30 heavy (non-hydrogen) atoms. The van der Waals surface area contributed by atoms with E-state index >= 15 is 0 Å². The van der Waals surface area contributed by atoms with Crippen LogP contribution in [0.3, 0.4) is 0 Å². The molecule has 0 bridgehead atoms. The van der Waals surface area contributed by atoms with Crippen molar-refractivity contribution in [2.45, 2.75) is 82.3 Å². The summed E-state index contributed by atoms with van der Waals surface area (Å²) < 4.78 is 0. The van der Waals surface area contributed by atoms with E-state index in [1.807, 2.05) is 4.90 Å². The van der Waals surface area contributed by atoms with Gasteiger partial charge in [-0.2, -0.15) is 0 Å². The number of rotatable bonds is 5. The fourth-order valence-electron chi connectivity index (χ4n) is 4.95. The van der Waals surface area contributed by atoms with Crippen LogP contribution < -0.4 is 16.0 Å². The molecule has 0 aromatic heterocycles. The minimum absolute atomic E-state index is 0.00891. The van der Waals surface area contributed by atoms with Gasteiger partial charge in [0.25, 0.3) is 5.91 Å². The summed E-state index contributed by atoms with van der Waals surface area (Å²) in [5, 5.41) is 8.82. The summed E-state index contributed by atoms with van der Waals surface area (Å²) in [5.41, 5.74) is -0.867. The van der Waals surface area contributed by atoms with Crippen LogP contribution in [0.1, 0.15) is 64.7 Å². The monoisotopic (exact) mass is 419 g/mol. The Morgan fingerprint density at radius 1 is 0.967 bits per heavy atom. The molecule has 4 fully saturated rings. The Balaban J connectivity index is 1.20. The summed E-state index contributed by atoms with van der Waals surface area (Å²) >= 11 is 0. The molecule has 0 spiro atoms. The van der Waals surface area contributed by atoms with Gasteiger partial charge in [-0.1, -0.05) is 19.3 Å². The van der Waals surface area contributed by atoms with Gasteiger partial charge in [-0.3, -0.25) is 14.5 Å². The van der Waals surface area contributed by atoms with Crippen LogP contribution in [-0.4, -0.2) is 70.9 Å². The van der Waals surface area contributed by atoms with Crippen LogP contribution in [0, 0.1) is 5.92 Å². The first kappa shape index (κ1) is 20.9. The Morgan fingerprint density at radius 3 is 2.23 bits per heavy atom. The summed E-state index contributed by atoms with van der Waals surface area (Å²) in [5.74, 6) is -0.464. The topological polar surface area (TPSA) is 111 Å². The van der Waals surface area contributed by atoms with E-state index in [9.17, 15) is 19.2 Å². The zero-order chi connectivity index (χ0) is 21.3. The predicted molar refractivity (Wildman–Crippen MR) is 110 cm³/mol. The molecule has 1 atom stereocenters.